The summed E-state index contributed by atoms with van der Waals surface area (Å²) in [5.41, 5.74) is 0.707. The molecule has 3 aliphatic rings. The highest BCUT2D eigenvalue weighted by Crippen LogP contribution is 2.37. The van der Waals surface area contributed by atoms with Gasteiger partial charge in [0.2, 0.25) is 11.8 Å². The Morgan fingerprint density at radius 1 is 1.14 bits per heavy atom. The monoisotopic (exact) mass is 610 g/mol. The fourth-order valence-electron chi connectivity index (χ4n) is 6.78. The van der Waals surface area contributed by atoms with Gasteiger partial charge in [-0.05, 0) is 73.9 Å². The van der Waals surface area contributed by atoms with Gasteiger partial charge < -0.3 is 25.4 Å². The van der Waals surface area contributed by atoms with Crippen LogP contribution in [-0.4, -0.2) is 77.0 Å². The van der Waals surface area contributed by atoms with Crippen molar-refractivity contribution in [1.82, 2.24) is 20.4 Å². The van der Waals surface area contributed by atoms with Gasteiger partial charge in [0.05, 0.1) is 11.1 Å². The van der Waals surface area contributed by atoms with Gasteiger partial charge in [-0.3, -0.25) is 19.3 Å². The summed E-state index contributed by atoms with van der Waals surface area (Å²) in [6.07, 6.45) is 5.99. The standard InChI is InChI=1S/C33H43ClN4O5/c1-3-4-17-38-31(41)28(29(39)23-7-5-6-8-23)36-32(42)33(38)15-18-37(19-16-33)21-22-9-12-25(13-10-22)43-27-14-11-24(20-26(27)34)30(40)35-2/h9-14,20,23,28-29,39H,3-8,15-19,21H2,1-2H3,(H,35,40)(H,36,42)/t28-,29-/m1/s1. The molecule has 5 rings (SSSR count). The lowest BCUT2D eigenvalue weighted by molar-refractivity contribution is -0.165. The molecule has 2 atom stereocenters. The third kappa shape index (κ3) is 6.69. The second-order valence-corrected chi connectivity index (χ2v) is 12.5. The summed E-state index contributed by atoms with van der Waals surface area (Å²) in [5, 5.41) is 17.0. The van der Waals surface area contributed by atoms with Crippen molar-refractivity contribution in [1.29, 1.82) is 0 Å². The first-order valence-corrected chi connectivity index (χ1v) is 15.9. The topological polar surface area (TPSA) is 111 Å². The number of benzene rings is 2. The van der Waals surface area contributed by atoms with Crippen molar-refractivity contribution in [3.63, 3.8) is 0 Å². The molecule has 1 saturated carbocycles. The van der Waals surface area contributed by atoms with Crippen LogP contribution in [0.2, 0.25) is 5.02 Å². The summed E-state index contributed by atoms with van der Waals surface area (Å²) in [7, 11) is 1.57. The Morgan fingerprint density at radius 2 is 1.84 bits per heavy atom. The van der Waals surface area contributed by atoms with E-state index in [1.165, 1.54) is 0 Å². The Kier molecular flexibility index (Phi) is 9.94. The minimum Gasteiger partial charge on any atom is -0.456 e. The van der Waals surface area contributed by atoms with E-state index in [1.807, 2.05) is 29.2 Å². The maximum atomic E-state index is 13.8. The number of hydrogen-bond acceptors (Lipinski definition) is 6. The number of ether oxygens (including phenoxy) is 1. The minimum absolute atomic E-state index is 0.0708. The van der Waals surface area contributed by atoms with Crippen LogP contribution in [0.1, 0.15) is 74.2 Å². The molecule has 2 heterocycles. The number of amides is 3. The van der Waals surface area contributed by atoms with Crippen LogP contribution in [0, 0.1) is 5.92 Å². The van der Waals surface area contributed by atoms with Gasteiger partial charge in [-0.2, -0.15) is 0 Å². The molecule has 1 spiro atoms. The average Bonchev–Trinajstić information content (AvgIpc) is 3.56. The largest absolute Gasteiger partial charge is 0.456 e. The number of aliphatic hydroxyl groups is 1. The molecule has 0 unspecified atom stereocenters. The fourth-order valence-corrected chi connectivity index (χ4v) is 7.00. The summed E-state index contributed by atoms with van der Waals surface area (Å²) in [6, 6.07) is 11.9. The zero-order valence-electron chi connectivity index (χ0n) is 25.1. The number of carbonyl (C=O) groups excluding carboxylic acids is 3. The Bertz CT molecular complexity index is 1300. The molecule has 2 saturated heterocycles. The van der Waals surface area contributed by atoms with Crippen LogP contribution in [0.25, 0.3) is 0 Å². The van der Waals surface area contributed by atoms with E-state index in [2.05, 4.69) is 22.5 Å². The molecule has 3 N–H and O–H groups in total. The number of nitrogens with one attached hydrogen (secondary N) is 2. The zero-order chi connectivity index (χ0) is 30.6. The second-order valence-electron chi connectivity index (χ2n) is 12.1. The van der Waals surface area contributed by atoms with Crippen LogP contribution in [-0.2, 0) is 16.1 Å². The van der Waals surface area contributed by atoms with Gasteiger partial charge >= 0.3 is 0 Å². The molecule has 10 heteroatoms. The van der Waals surface area contributed by atoms with Crippen molar-refractivity contribution in [2.24, 2.45) is 5.92 Å². The molecular formula is C33H43ClN4O5. The molecule has 3 fully saturated rings. The van der Waals surface area contributed by atoms with Gasteiger partial charge in [-0.25, -0.2) is 0 Å². The molecule has 3 amide bonds. The number of halogens is 1. The van der Waals surface area contributed by atoms with E-state index >= 15 is 0 Å². The van der Waals surface area contributed by atoms with Crippen molar-refractivity contribution in [3.05, 3.63) is 58.6 Å². The highest BCUT2D eigenvalue weighted by molar-refractivity contribution is 6.32. The van der Waals surface area contributed by atoms with E-state index in [0.717, 1.165) is 44.1 Å². The number of piperidine rings is 1. The van der Waals surface area contributed by atoms with E-state index in [9.17, 15) is 19.5 Å². The van der Waals surface area contributed by atoms with E-state index in [4.69, 9.17) is 16.3 Å². The highest BCUT2D eigenvalue weighted by atomic mass is 35.5. The molecular weight excluding hydrogens is 568 g/mol. The lowest BCUT2D eigenvalue weighted by Crippen LogP contribution is -2.75. The van der Waals surface area contributed by atoms with Crippen molar-refractivity contribution in [3.8, 4) is 11.5 Å². The molecule has 2 aliphatic heterocycles. The van der Waals surface area contributed by atoms with Gasteiger partial charge in [-0.15, -0.1) is 0 Å². The van der Waals surface area contributed by atoms with Crippen LogP contribution in [0.4, 0.5) is 0 Å². The van der Waals surface area contributed by atoms with Crippen molar-refractivity contribution >= 4 is 29.3 Å². The highest BCUT2D eigenvalue weighted by Gasteiger charge is 2.55. The van der Waals surface area contributed by atoms with Crippen molar-refractivity contribution in [2.75, 3.05) is 26.7 Å². The molecule has 0 bridgehead atoms. The van der Waals surface area contributed by atoms with Crippen LogP contribution < -0.4 is 15.4 Å². The number of carbonyl (C=O) groups is 3. The first kappa shape index (κ1) is 31.3. The average molecular weight is 611 g/mol. The molecule has 2 aromatic carbocycles. The fraction of sp³-hybridized carbons (Fsp3) is 0.545. The Balaban J connectivity index is 1.20. The van der Waals surface area contributed by atoms with Crippen LogP contribution in [0.3, 0.4) is 0 Å². The molecule has 1 aliphatic carbocycles. The number of likely N-dealkylation sites (tertiary alicyclic amines) is 1. The normalized spacial score (nSPS) is 21.6. The summed E-state index contributed by atoms with van der Waals surface area (Å²) < 4.78 is 5.94. The second kappa shape index (κ2) is 13.7. The Labute approximate surface area is 258 Å². The van der Waals surface area contributed by atoms with Crippen molar-refractivity contribution < 1.29 is 24.2 Å². The quantitative estimate of drug-likeness (QED) is 0.365. The van der Waals surface area contributed by atoms with Crippen LogP contribution in [0.15, 0.2) is 42.5 Å². The molecule has 9 nitrogen and oxygen atoms in total. The van der Waals surface area contributed by atoms with E-state index in [-0.39, 0.29) is 23.6 Å². The predicted molar refractivity (Wildman–Crippen MR) is 165 cm³/mol. The number of nitrogens with zero attached hydrogens (tertiary/aromatic N) is 2. The SMILES string of the molecule is CCCCN1C(=O)[C@@H]([C@H](O)C2CCCC2)NC(=O)C12CCN(Cc1ccc(Oc3ccc(C(=O)NC)cc3Cl)cc1)CC2. The first-order valence-electron chi connectivity index (χ1n) is 15.6. The van der Waals surface area contributed by atoms with Gasteiger partial charge in [0.1, 0.15) is 23.1 Å². The Hall–Kier alpha value is -3.14. The number of unbranched alkanes of at least 4 members (excludes halogenated alkanes) is 1. The molecule has 0 radical (unpaired) electrons. The van der Waals surface area contributed by atoms with E-state index in [1.54, 1.807) is 25.2 Å². The van der Waals surface area contributed by atoms with Crippen LogP contribution >= 0.6 is 11.6 Å². The summed E-state index contributed by atoms with van der Waals surface area (Å²) in [4.78, 5) is 43.4. The molecule has 0 aromatic heterocycles. The van der Waals surface area contributed by atoms with Gasteiger partial charge in [-0.1, -0.05) is 49.9 Å². The van der Waals surface area contributed by atoms with E-state index in [0.29, 0.717) is 61.1 Å². The van der Waals surface area contributed by atoms with Gasteiger partial charge in [0, 0.05) is 38.8 Å². The molecule has 2 aromatic rings. The van der Waals surface area contributed by atoms with E-state index < -0.39 is 17.7 Å². The number of hydrogen-bond donors (Lipinski definition) is 3. The van der Waals surface area contributed by atoms with Gasteiger partial charge in [0.15, 0.2) is 0 Å². The smallest absolute Gasteiger partial charge is 0.251 e. The van der Waals surface area contributed by atoms with Crippen LogP contribution in [0.5, 0.6) is 11.5 Å². The maximum Gasteiger partial charge on any atom is 0.251 e. The first-order chi connectivity index (χ1) is 20.8. The maximum absolute atomic E-state index is 13.8. The number of piperazine rings is 1. The number of aliphatic hydroxyl groups excluding tert-OH is 1. The minimum atomic E-state index is -0.862. The Morgan fingerprint density at radius 3 is 2.47 bits per heavy atom. The molecule has 43 heavy (non-hydrogen) atoms. The zero-order valence-corrected chi connectivity index (χ0v) is 25.9. The summed E-state index contributed by atoms with van der Waals surface area (Å²) in [6.45, 7) is 4.71. The summed E-state index contributed by atoms with van der Waals surface area (Å²) in [5.74, 6) is 0.714. The third-order valence-electron chi connectivity index (χ3n) is 9.38. The lowest BCUT2D eigenvalue weighted by Gasteiger charge is -2.52. The molecule has 232 valence electrons. The predicted octanol–water partition coefficient (Wildman–Crippen LogP) is 4.50. The number of rotatable bonds is 10. The summed E-state index contributed by atoms with van der Waals surface area (Å²) >= 11 is 6.34. The van der Waals surface area contributed by atoms with Gasteiger partial charge in [0.25, 0.3) is 5.91 Å². The lowest BCUT2D eigenvalue weighted by atomic mass is 9.80. The third-order valence-corrected chi connectivity index (χ3v) is 9.67. The van der Waals surface area contributed by atoms with Crippen molar-refractivity contribution in [2.45, 2.75) is 82.5 Å².